The van der Waals surface area contributed by atoms with E-state index < -0.39 is 13.0 Å². The van der Waals surface area contributed by atoms with Crippen LogP contribution in [0.3, 0.4) is 0 Å². The fraction of sp³-hybridized carbons (Fsp3) is 0.909. The normalized spacial score (nSPS) is 17.1. The van der Waals surface area contributed by atoms with Gasteiger partial charge < -0.3 is 15.5 Å². The number of amides is 2. The second-order valence-electron chi connectivity index (χ2n) is 4.31. The Morgan fingerprint density at radius 2 is 1.82 bits per heavy atom. The van der Waals surface area contributed by atoms with Crippen molar-refractivity contribution >= 4 is 6.03 Å². The fourth-order valence-corrected chi connectivity index (χ4v) is 2.05. The van der Waals surface area contributed by atoms with Gasteiger partial charge in [0.1, 0.15) is 0 Å². The highest BCUT2D eigenvalue weighted by Crippen LogP contribution is 2.12. The number of carbonyl (C=O) groups is 1. The van der Waals surface area contributed by atoms with Gasteiger partial charge in [0.25, 0.3) is 6.43 Å². The standard InChI is InChI=1S/C11H21F2N3O/c12-10(13)9-16(8-5-14)11(17)15-6-3-1-2-4-7-15/h10H,1-9,14H2. The zero-order valence-electron chi connectivity index (χ0n) is 10.1. The van der Waals surface area contributed by atoms with Crippen LogP contribution < -0.4 is 5.73 Å². The zero-order chi connectivity index (χ0) is 12.7. The van der Waals surface area contributed by atoms with E-state index in [1.54, 1.807) is 4.90 Å². The molecule has 0 aromatic carbocycles. The van der Waals surface area contributed by atoms with E-state index in [9.17, 15) is 13.6 Å². The SMILES string of the molecule is NCCN(CC(F)F)C(=O)N1CCCCCC1. The van der Waals surface area contributed by atoms with Crippen LogP contribution >= 0.6 is 0 Å². The summed E-state index contributed by atoms with van der Waals surface area (Å²) in [6.45, 7) is 1.23. The van der Waals surface area contributed by atoms with Crippen molar-refractivity contribution < 1.29 is 13.6 Å². The minimum atomic E-state index is -2.50. The van der Waals surface area contributed by atoms with Crippen molar-refractivity contribution in [3.05, 3.63) is 0 Å². The number of carbonyl (C=O) groups excluding carboxylic acids is 1. The predicted molar refractivity (Wildman–Crippen MR) is 62.1 cm³/mol. The van der Waals surface area contributed by atoms with E-state index in [0.29, 0.717) is 13.1 Å². The molecule has 0 saturated carbocycles. The molecule has 1 aliphatic heterocycles. The largest absolute Gasteiger partial charge is 0.329 e. The van der Waals surface area contributed by atoms with Crippen molar-refractivity contribution in [3.63, 3.8) is 0 Å². The van der Waals surface area contributed by atoms with Gasteiger partial charge >= 0.3 is 6.03 Å². The van der Waals surface area contributed by atoms with Crippen molar-refractivity contribution in [3.8, 4) is 0 Å². The first-order valence-electron chi connectivity index (χ1n) is 6.17. The van der Waals surface area contributed by atoms with Crippen molar-refractivity contribution in [2.24, 2.45) is 5.73 Å². The number of likely N-dealkylation sites (tertiary alicyclic amines) is 1. The van der Waals surface area contributed by atoms with Gasteiger partial charge in [0.15, 0.2) is 0 Å². The van der Waals surface area contributed by atoms with E-state index in [1.165, 1.54) is 0 Å². The number of alkyl halides is 2. The second kappa shape index (κ2) is 7.42. The van der Waals surface area contributed by atoms with Gasteiger partial charge in [-0.05, 0) is 12.8 Å². The molecule has 2 amide bonds. The smallest absolute Gasteiger partial charge is 0.320 e. The molecular formula is C11H21F2N3O. The minimum Gasteiger partial charge on any atom is -0.329 e. The molecule has 0 aromatic heterocycles. The average molecular weight is 249 g/mol. The molecular weight excluding hydrogens is 228 g/mol. The summed E-state index contributed by atoms with van der Waals surface area (Å²) >= 11 is 0. The van der Waals surface area contributed by atoms with Crippen LogP contribution in [0, 0.1) is 0 Å². The molecule has 2 N–H and O–H groups in total. The fourth-order valence-electron chi connectivity index (χ4n) is 2.05. The lowest BCUT2D eigenvalue weighted by atomic mass is 10.2. The summed E-state index contributed by atoms with van der Waals surface area (Å²) in [5, 5.41) is 0. The lowest BCUT2D eigenvalue weighted by Gasteiger charge is -2.29. The maximum atomic E-state index is 12.4. The molecule has 1 saturated heterocycles. The molecule has 0 aliphatic carbocycles. The summed E-state index contributed by atoms with van der Waals surface area (Å²) in [6.07, 6.45) is 1.62. The Hall–Kier alpha value is -0.910. The first kappa shape index (κ1) is 14.2. The van der Waals surface area contributed by atoms with Crippen LogP contribution in [0.1, 0.15) is 25.7 Å². The Kier molecular flexibility index (Phi) is 6.18. The number of hydrogen-bond donors (Lipinski definition) is 1. The van der Waals surface area contributed by atoms with E-state index in [0.717, 1.165) is 30.6 Å². The Morgan fingerprint density at radius 1 is 1.24 bits per heavy atom. The summed E-state index contributed by atoms with van der Waals surface area (Å²) in [4.78, 5) is 14.9. The Balaban J connectivity index is 2.54. The number of urea groups is 1. The topological polar surface area (TPSA) is 49.6 Å². The number of halogens is 2. The quantitative estimate of drug-likeness (QED) is 0.821. The molecule has 0 radical (unpaired) electrons. The Bertz CT molecular complexity index is 231. The van der Waals surface area contributed by atoms with Gasteiger partial charge in [-0.2, -0.15) is 0 Å². The van der Waals surface area contributed by atoms with E-state index in [2.05, 4.69) is 0 Å². The number of rotatable bonds is 4. The maximum absolute atomic E-state index is 12.4. The maximum Gasteiger partial charge on any atom is 0.320 e. The number of hydrogen-bond acceptors (Lipinski definition) is 2. The van der Waals surface area contributed by atoms with Crippen molar-refractivity contribution in [2.45, 2.75) is 32.1 Å². The van der Waals surface area contributed by atoms with E-state index in [4.69, 9.17) is 5.73 Å². The highest BCUT2D eigenvalue weighted by Gasteiger charge is 2.23. The van der Waals surface area contributed by atoms with Crippen molar-refractivity contribution in [1.82, 2.24) is 9.80 Å². The summed E-state index contributed by atoms with van der Waals surface area (Å²) in [6, 6.07) is -0.294. The third-order valence-electron chi connectivity index (χ3n) is 2.90. The summed E-state index contributed by atoms with van der Waals surface area (Å²) in [7, 11) is 0. The molecule has 0 aromatic rings. The molecule has 0 atom stereocenters. The molecule has 100 valence electrons. The van der Waals surface area contributed by atoms with Gasteiger partial charge in [-0.15, -0.1) is 0 Å². The summed E-state index contributed by atoms with van der Waals surface area (Å²) < 4.78 is 24.7. The molecule has 6 heteroatoms. The summed E-state index contributed by atoms with van der Waals surface area (Å²) in [5.74, 6) is 0. The van der Waals surface area contributed by atoms with E-state index >= 15 is 0 Å². The van der Waals surface area contributed by atoms with Crippen LogP contribution in [0.4, 0.5) is 13.6 Å². The van der Waals surface area contributed by atoms with Crippen LogP contribution in [0.5, 0.6) is 0 Å². The first-order valence-corrected chi connectivity index (χ1v) is 6.17. The highest BCUT2D eigenvalue weighted by molar-refractivity contribution is 5.74. The Morgan fingerprint density at radius 3 is 2.29 bits per heavy atom. The second-order valence-corrected chi connectivity index (χ2v) is 4.31. The van der Waals surface area contributed by atoms with Gasteiger partial charge in [0.05, 0.1) is 6.54 Å². The van der Waals surface area contributed by atoms with Gasteiger partial charge in [0.2, 0.25) is 0 Å². The minimum absolute atomic E-state index is 0.194. The molecule has 1 fully saturated rings. The van der Waals surface area contributed by atoms with Gasteiger partial charge in [-0.25, -0.2) is 13.6 Å². The molecule has 0 unspecified atom stereocenters. The van der Waals surface area contributed by atoms with Gasteiger partial charge in [0, 0.05) is 26.2 Å². The van der Waals surface area contributed by atoms with Gasteiger partial charge in [-0.3, -0.25) is 0 Å². The molecule has 17 heavy (non-hydrogen) atoms. The van der Waals surface area contributed by atoms with Crippen LogP contribution in [0.15, 0.2) is 0 Å². The third kappa shape index (κ3) is 4.85. The van der Waals surface area contributed by atoms with Gasteiger partial charge in [-0.1, -0.05) is 12.8 Å². The molecule has 1 aliphatic rings. The molecule has 4 nitrogen and oxygen atoms in total. The lowest BCUT2D eigenvalue weighted by molar-refractivity contribution is 0.0864. The van der Waals surface area contributed by atoms with Crippen LogP contribution in [-0.4, -0.2) is 55.0 Å². The molecule has 0 bridgehead atoms. The van der Waals surface area contributed by atoms with Crippen molar-refractivity contribution in [2.75, 3.05) is 32.7 Å². The highest BCUT2D eigenvalue weighted by atomic mass is 19.3. The van der Waals surface area contributed by atoms with Crippen LogP contribution in [0.2, 0.25) is 0 Å². The number of nitrogens with zero attached hydrogens (tertiary/aromatic N) is 2. The monoisotopic (exact) mass is 249 g/mol. The third-order valence-corrected chi connectivity index (χ3v) is 2.90. The average Bonchev–Trinajstić information content (AvgIpc) is 2.55. The Labute approximate surface area is 101 Å². The lowest BCUT2D eigenvalue weighted by Crippen LogP contribution is -2.47. The summed E-state index contributed by atoms with van der Waals surface area (Å²) in [5.41, 5.74) is 5.35. The van der Waals surface area contributed by atoms with E-state index in [1.807, 2.05) is 0 Å². The van der Waals surface area contributed by atoms with Crippen LogP contribution in [0.25, 0.3) is 0 Å². The predicted octanol–water partition coefficient (Wildman–Crippen LogP) is 1.51. The molecule has 1 rings (SSSR count). The first-order chi connectivity index (χ1) is 8.15. The van der Waals surface area contributed by atoms with Crippen molar-refractivity contribution in [1.29, 1.82) is 0 Å². The van der Waals surface area contributed by atoms with Crippen LogP contribution in [-0.2, 0) is 0 Å². The molecule has 1 heterocycles. The van der Waals surface area contributed by atoms with E-state index in [-0.39, 0.29) is 19.1 Å². The zero-order valence-corrected chi connectivity index (χ0v) is 10.1. The number of nitrogens with two attached hydrogens (primary N) is 1. The molecule has 0 spiro atoms.